The molecule has 1 saturated heterocycles. The normalized spacial score (nSPS) is 16.1. The Hall–Kier alpha value is -3.11. The summed E-state index contributed by atoms with van der Waals surface area (Å²) in [6, 6.07) is 27.5. The highest BCUT2D eigenvalue weighted by molar-refractivity contribution is 6.33. The van der Waals surface area contributed by atoms with Gasteiger partial charge < -0.3 is 10.2 Å². The van der Waals surface area contributed by atoms with Gasteiger partial charge in [-0.3, -0.25) is 9.59 Å². The first-order valence-corrected chi connectivity index (χ1v) is 10.4. The Labute approximate surface area is 181 Å². The fraction of sp³-hybridized carbons (Fsp3) is 0.200. The number of hydrogen-bond acceptors (Lipinski definition) is 2. The van der Waals surface area contributed by atoms with E-state index < -0.39 is 0 Å². The number of carbonyl (C=O) groups excluding carboxylic acids is 2. The fourth-order valence-electron chi connectivity index (χ4n) is 3.93. The standard InChI is InChI=1S/C25H23ClN2O2/c26-22-13-7-8-14-23(22)28-17-20(15-24(28)29)25(30)27-16-21(18-9-3-1-4-10-18)19-11-5-2-6-12-19/h1-14,20-21H,15-17H2,(H,27,30)/t20-/m0/s1. The van der Waals surface area contributed by atoms with E-state index in [0.29, 0.717) is 23.8 Å². The molecule has 0 aliphatic carbocycles. The molecule has 1 N–H and O–H groups in total. The van der Waals surface area contributed by atoms with E-state index in [0.717, 1.165) is 11.1 Å². The second kappa shape index (κ2) is 9.14. The van der Waals surface area contributed by atoms with Crippen LogP contribution in [0.5, 0.6) is 0 Å². The monoisotopic (exact) mass is 418 g/mol. The largest absolute Gasteiger partial charge is 0.355 e. The molecule has 152 valence electrons. The van der Waals surface area contributed by atoms with Crippen LogP contribution in [0.1, 0.15) is 23.5 Å². The molecule has 0 unspecified atom stereocenters. The van der Waals surface area contributed by atoms with Crippen molar-refractivity contribution in [2.45, 2.75) is 12.3 Å². The minimum Gasteiger partial charge on any atom is -0.355 e. The van der Waals surface area contributed by atoms with Gasteiger partial charge in [-0.2, -0.15) is 0 Å². The average Bonchev–Trinajstić information content (AvgIpc) is 3.17. The molecule has 0 saturated carbocycles. The average molecular weight is 419 g/mol. The van der Waals surface area contributed by atoms with Gasteiger partial charge in [-0.1, -0.05) is 84.4 Å². The molecule has 2 amide bonds. The third-order valence-electron chi connectivity index (χ3n) is 5.52. The zero-order valence-corrected chi connectivity index (χ0v) is 17.3. The zero-order chi connectivity index (χ0) is 20.9. The first-order chi connectivity index (χ1) is 14.6. The van der Waals surface area contributed by atoms with Crippen LogP contribution < -0.4 is 10.2 Å². The predicted octanol–water partition coefficient (Wildman–Crippen LogP) is 4.64. The summed E-state index contributed by atoms with van der Waals surface area (Å²) in [7, 11) is 0. The molecule has 1 atom stereocenters. The van der Waals surface area contributed by atoms with Gasteiger partial charge in [0.2, 0.25) is 11.8 Å². The van der Waals surface area contributed by atoms with Gasteiger partial charge in [0.15, 0.2) is 0 Å². The SMILES string of the molecule is O=C(NCC(c1ccccc1)c1ccccc1)[C@H]1CC(=O)N(c2ccccc2Cl)C1. The molecular weight excluding hydrogens is 396 g/mol. The van der Waals surface area contributed by atoms with Gasteiger partial charge in [-0.15, -0.1) is 0 Å². The maximum Gasteiger partial charge on any atom is 0.227 e. The number of nitrogens with zero attached hydrogens (tertiary/aromatic N) is 1. The summed E-state index contributed by atoms with van der Waals surface area (Å²) in [4.78, 5) is 27.0. The van der Waals surface area contributed by atoms with E-state index in [9.17, 15) is 9.59 Å². The molecule has 1 aliphatic heterocycles. The second-order valence-electron chi connectivity index (χ2n) is 7.48. The molecule has 4 rings (SSSR count). The van der Waals surface area contributed by atoms with E-state index in [1.807, 2.05) is 48.5 Å². The van der Waals surface area contributed by atoms with Gasteiger partial charge in [0.25, 0.3) is 0 Å². The Bertz CT molecular complexity index is 984. The van der Waals surface area contributed by atoms with Crippen LogP contribution in [0.2, 0.25) is 5.02 Å². The summed E-state index contributed by atoms with van der Waals surface area (Å²) in [6.07, 6.45) is 0.193. The van der Waals surface area contributed by atoms with Gasteiger partial charge in [0.1, 0.15) is 0 Å². The molecule has 30 heavy (non-hydrogen) atoms. The van der Waals surface area contributed by atoms with E-state index in [-0.39, 0.29) is 30.1 Å². The molecule has 3 aromatic carbocycles. The van der Waals surface area contributed by atoms with Crippen molar-refractivity contribution in [1.82, 2.24) is 5.32 Å². The highest BCUT2D eigenvalue weighted by Crippen LogP contribution is 2.31. The molecule has 0 spiro atoms. The molecule has 3 aromatic rings. The molecule has 1 heterocycles. The maximum atomic E-state index is 12.9. The number of hydrogen-bond donors (Lipinski definition) is 1. The van der Waals surface area contributed by atoms with Crippen molar-refractivity contribution in [3.05, 3.63) is 101 Å². The number of rotatable bonds is 6. The quantitative estimate of drug-likeness (QED) is 0.633. The number of nitrogens with one attached hydrogen (secondary N) is 1. The smallest absolute Gasteiger partial charge is 0.227 e. The van der Waals surface area contributed by atoms with Crippen LogP contribution in [0, 0.1) is 5.92 Å². The summed E-state index contributed by atoms with van der Waals surface area (Å²) < 4.78 is 0. The lowest BCUT2D eigenvalue weighted by Gasteiger charge is -2.21. The van der Waals surface area contributed by atoms with Crippen LogP contribution in [0.4, 0.5) is 5.69 Å². The van der Waals surface area contributed by atoms with E-state index in [4.69, 9.17) is 11.6 Å². The minimum atomic E-state index is -0.388. The molecule has 1 aliphatic rings. The van der Waals surface area contributed by atoms with Crippen LogP contribution in [0.3, 0.4) is 0 Å². The number of para-hydroxylation sites is 1. The number of anilines is 1. The third-order valence-corrected chi connectivity index (χ3v) is 5.84. The van der Waals surface area contributed by atoms with E-state index >= 15 is 0 Å². The summed E-state index contributed by atoms with van der Waals surface area (Å²) in [5.74, 6) is -0.519. The van der Waals surface area contributed by atoms with E-state index in [2.05, 4.69) is 29.6 Å². The minimum absolute atomic E-state index is 0.0492. The third kappa shape index (κ3) is 4.39. The first kappa shape index (κ1) is 20.2. The van der Waals surface area contributed by atoms with Gasteiger partial charge in [0.05, 0.1) is 16.6 Å². The number of halogens is 1. The summed E-state index contributed by atoms with van der Waals surface area (Å²) in [5.41, 5.74) is 2.94. The van der Waals surface area contributed by atoms with Crippen molar-refractivity contribution >= 4 is 29.1 Å². The topological polar surface area (TPSA) is 49.4 Å². The number of amides is 2. The van der Waals surface area contributed by atoms with E-state index in [1.54, 1.807) is 17.0 Å². The Morgan fingerprint density at radius 3 is 2.10 bits per heavy atom. The van der Waals surface area contributed by atoms with Crippen LogP contribution >= 0.6 is 11.6 Å². The Morgan fingerprint density at radius 1 is 0.933 bits per heavy atom. The fourth-order valence-corrected chi connectivity index (χ4v) is 4.17. The van der Waals surface area contributed by atoms with E-state index in [1.165, 1.54) is 0 Å². The van der Waals surface area contributed by atoms with Gasteiger partial charge in [0, 0.05) is 25.4 Å². The molecular formula is C25H23ClN2O2. The Kier molecular flexibility index (Phi) is 6.15. The molecule has 0 radical (unpaired) electrons. The lowest BCUT2D eigenvalue weighted by molar-refractivity contribution is -0.126. The molecule has 0 bridgehead atoms. The lowest BCUT2D eigenvalue weighted by atomic mass is 9.91. The van der Waals surface area contributed by atoms with Gasteiger partial charge in [-0.05, 0) is 23.3 Å². The van der Waals surface area contributed by atoms with Crippen LogP contribution in [-0.2, 0) is 9.59 Å². The number of carbonyl (C=O) groups is 2. The van der Waals surface area contributed by atoms with Gasteiger partial charge in [-0.25, -0.2) is 0 Å². The zero-order valence-electron chi connectivity index (χ0n) is 16.5. The van der Waals surface area contributed by atoms with Crippen molar-refractivity contribution < 1.29 is 9.59 Å². The predicted molar refractivity (Wildman–Crippen MR) is 120 cm³/mol. The van der Waals surface area contributed by atoms with Gasteiger partial charge >= 0.3 is 0 Å². The summed E-state index contributed by atoms with van der Waals surface area (Å²) in [6.45, 7) is 0.819. The highest BCUT2D eigenvalue weighted by Gasteiger charge is 2.36. The van der Waals surface area contributed by atoms with Crippen molar-refractivity contribution in [1.29, 1.82) is 0 Å². The highest BCUT2D eigenvalue weighted by atomic mass is 35.5. The van der Waals surface area contributed by atoms with Crippen LogP contribution in [-0.4, -0.2) is 24.9 Å². The lowest BCUT2D eigenvalue weighted by Crippen LogP contribution is -2.35. The number of benzene rings is 3. The molecule has 1 fully saturated rings. The van der Waals surface area contributed by atoms with Crippen molar-refractivity contribution in [2.75, 3.05) is 18.0 Å². The molecule has 0 aromatic heterocycles. The first-order valence-electron chi connectivity index (χ1n) is 10.1. The Morgan fingerprint density at radius 2 is 1.50 bits per heavy atom. The van der Waals surface area contributed by atoms with Crippen molar-refractivity contribution in [3.63, 3.8) is 0 Å². The summed E-state index contributed by atoms with van der Waals surface area (Å²) in [5, 5.41) is 3.59. The summed E-state index contributed by atoms with van der Waals surface area (Å²) >= 11 is 6.24. The van der Waals surface area contributed by atoms with Crippen molar-refractivity contribution in [2.24, 2.45) is 5.92 Å². The second-order valence-corrected chi connectivity index (χ2v) is 7.88. The Balaban J connectivity index is 1.45. The molecule has 4 nitrogen and oxygen atoms in total. The maximum absolute atomic E-state index is 12.9. The van der Waals surface area contributed by atoms with Crippen LogP contribution in [0.15, 0.2) is 84.9 Å². The van der Waals surface area contributed by atoms with Crippen molar-refractivity contribution in [3.8, 4) is 0 Å². The van der Waals surface area contributed by atoms with Crippen LogP contribution in [0.25, 0.3) is 0 Å². The molecule has 5 heteroatoms.